The first kappa shape index (κ1) is 15.9. The van der Waals surface area contributed by atoms with Gasteiger partial charge in [0.05, 0.1) is 0 Å². The van der Waals surface area contributed by atoms with Crippen LogP contribution in [0.25, 0.3) is 0 Å². The Kier molecular flexibility index (Phi) is 4.88. The zero-order valence-corrected chi connectivity index (χ0v) is 13.8. The van der Waals surface area contributed by atoms with Gasteiger partial charge in [-0.3, -0.25) is 4.79 Å². The molecule has 2 aromatic rings. The van der Waals surface area contributed by atoms with E-state index in [1.807, 2.05) is 35.7 Å². The molecule has 0 saturated carbocycles. The molecule has 1 fully saturated rings. The van der Waals surface area contributed by atoms with Gasteiger partial charge in [0.2, 0.25) is 0 Å². The third kappa shape index (κ3) is 3.51. The number of amides is 1. The molecule has 1 aromatic heterocycles. The van der Waals surface area contributed by atoms with Crippen molar-refractivity contribution in [3.05, 3.63) is 52.7 Å². The molecule has 1 aromatic carbocycles. The smallest absolute Gasteiger partial charge is 0.327 e. The summed E-state index contributed by atoms with van der Waals surface area (Å²) in [6.07, 6.45) is 0. The largest absolute Gasteiger partial charge is 0.484 e. The zero-order valence-electron chi connectivity index (χ0n) is 12.1. The molecule has 1 aliphatic rings. The van der Waals surface area contributed by atoms with E-state index in [0.29, 0.717) is 11.5 Å². The van der Waals surface area contributed by atoms with Crippen LogP contribution in [0.3, 0.4) is 0 Å². The molecule has 3 rings (SSSR count). The van der Waals surface area contributed by atoms with Gasteiger partial charge in [-0.1, -0.05) is 24.3 Å². The minimum Gasteiger partial charge on any atom is -0.484 e. The standard InChI is InChI=1S/C16H15NO4S2/c18-14(9-21-11-5-2-1-3-6-11)17-12(16(19)20)10-23-15(17)13-7-4-8-22-13/h1-8,12,15H,9-10H2,(H,19,20). The van der Waals surface area contributed by atoms with E-state index in [0.717, 1.165) is 4.88 Å². The topological polar surface area (TPSA) is 66.8 Å². The second-order valence-corrected chi connectivity index (χ2v) is 7.05. The third-order valence-corrected chi connectivity index (χ3v) is 5.84. The molecule has 1 saturated heterocycles. The van der Waals surface area contributed by atoms with Crippen LogP contribution in [0.15, 0.2) is 47.8 Å². The van der Waals surface area contributed by atoms with Gasteiger partial charge in [0.15, 0.2) is 6.61 Å². The Morgan fingerprint density at radius 2 is 2.00 bits per heavy atom. The second-order valence-electron chi connectivity index (χ2n) is 4.96. The Hall–Kier alpha value is -1.99. The lowest BCUT2D eigenvalue weighted by molar-refractivity contribution is -0.150. The fourth-order valence-corrected chi connectivity index (χ4v) is 4.80. The summed E-state index contributed by atoms with van der Waals surface area (Å²) >= 11 is 2.99. The van der Waals surface area contributed by atoms with Gasteiger partial charge in [0, 0.05) is 10.6 Å². The minimum atomic E-state index is -0.982. The molecule has 0 spiro atoms. The average molecular weight is 349 g/mol. The molecule has 1 amide bonds. The molecule has 120 valence electrons. The Balaban J connectivity index is 1.74. The van der Waals surface area contributed by atoms with Crippen LogP contribution in [0.2, 0.25) is 0 Å². The van der Waals surface area contributed by atoms with E-state index in [1.165, 1.54) is 28.0 Å². The predicted molar refractivity (Wildman–Crippen MR) is 89.7 cm³/mol. The van der Waals surface area contributed by atoms with Gasteiger partial charge in [-0.2, -0.15) is 0 Å². The molecule has 5 nitrogen and oxygen atoms in total. The van der Waals surface area contributed by atoms with E-state index < -0.39 is 12.0 Å². The first-order valence-electron chi connectivity index (χ1n) is 7.03. The fourth-order valence-electron chi connectivity index (χ4n) is 2.39. The Morgan fingerprint density at radius 1 is 1.22 bits per heavy atom. The highest BCUT2D eigenvalue weighted by atomic mass is 32.2. The maximum absolute atomic E-state index is 12.6. The molecule has 2 atom stereocenters. The number of aliphatic carboxylic acids is 1. The summed E-state index contributed by atoms with van der Waals surface area (Å²) in [5.41, 5.74) is 0. The lowest BCUT2D eigenvalue weighted by Gasteiger charge is -2.26. The molecule has 0 bridgehead atoms. The molecule has 23 heavy (non-hydrogen) atoms. The van der Waals surface area contributed by atoms with Gasteiger partial charge in [0.25, 0.3) is 5.91 Å². The highest BCUT2D eigenvalue weighted by Gasteiger charge is 2.42. The van der Waals surface area contributed by atoms with Gasteiger partial charge in [-0.25, -0.2) is 4.79 Å². The number of thiophene rings is 1. The summed E-state index contributed by atoms with van der Waals surface area (Å²) in [5.74, 6) is -0.323. The summed E-state index contributed by atoms with van der Waals surface area (Å²) < 4.78 is 5.48. The van der Waals surface area contributed by atoms with E-state index >= 15 is 0 Å². The van der Waals surface area contributed by atoms with Crippen LogP contribution < -0.4 is 4.74 Å². The van der Waals surface area contributed by atoms with Crippen molar-refractivity contribution >= 4 is 35.0 Å². The summed E-state index contributed by atoms with van der Waals surface area (Å²) in [6.45, 7) is -0.170. The van der Waals surface area contributed by atoms with Gasteiger partial charge in [0.1, 0.15) is 17.2 Å². The van der Waals surface area contributed by atoms with Crippen LogP contribution in [-0.2, 0) is 9.59 Å². The Bertz CT molecular complexity index is 675. The number of para-hydroxylation sites is 1. The summed E-state index contributed by atoms with van der Waals surface area (Å²) in [4.78, 5) is 26.4. The number of hydrogen-bond acceptors (Lipinski definition) is 5. The number of rotatable bonds is 5. The molecule has 0 radical (unpaired) electrons. The number of thioether (sulfide) groups is 1. The van der Waals surface area contributed by atoms with Crippen molar-refractivity contribution in [3.8, 4) is 5.75 Å². The SMILES string of the molecule is O=C(O)C1CSC(c2cccs2)N1C(=O)COc1ccccc1. The van der Waals surface area contributed by atoms with Crippen LogP contribution in [0.5, 0.6) is 5.75 Å². The number of carboxylic acid groups (broad SMARTS) is 1. The van der Waals surface area contributed by atoms with Gasteiger partial charge < -0.3 is 14.7 Å². The molecule has 1 N–H and O–H groups in total. The van der Waals surface area contributed by atoms with E-state index in [9.17, 15) is 14.7 Å². The van der Waals surface area contributed by atoms with E-state index in [2.05, 4.69) is 0 Å². The zero-order chi connectivity index (χ0) is 16.2. The van der Waals surface area contributed by atoms with Crippen molar-refractivity contribution in [2.75, 3.05) is 12.4 Å². The molecule has 2 heterocycles. The van der Waals surface area contributed by atoms with Crippen LogP contribution in [0.1, 0.15) is 10.3 Å². The Labute approximate surface area is 141 Å². The van der Waals surface area contributed by atoms with Crippen LogP contribution in [0.4, 0.5) is 0 Å². The monoisotopic (exact) mass is 349 g/mol. The predicted octanol–water partition coefficient (Wildman–Crippen LogP) is 2.85. The number of nitrogens with zero attached hydrogens (tertiary/aromatic N) is 1. The lowest BCUT2D eigenvalue weighted by atomic mass is 10.2. The van der Waals surface area contributed by atoms with Crippen LogP contribution in [0, 0.1) is 0 Å². The van der Waals surface area contributed by atoms with Gasteiger partial charge in [-0.15, -0.1) is 23.1 Å². The van der Waals surface area contributed by atoms with Crippen molar-refractivity contribution < 1.29 is 19.4 Å². The maximum Gasteiger partial charge on any atom is 0.327 e. The van der Waals surface area contributed by atoms with Gasteiger partial charge in [-0.05, 0) is 23.6 Å². The number of ether oxygens (including phenoxy) is 1. The molecule has 1 aliphatic heterocycles. The normalized spacial score (nSPS) is 20.4. The van der Waals surface area contributed by atoms with Crippen molar-refractivity contribution in [1.82, 2.24) is 4.90 Å². The first-order chi connectivity index (χ1) is 11.2. The summed E-state index contributed by atoms with van der Waals surface area (Å²) in [5, 5.41) is 11.1. The summed E-state index contributed by atoms with van der Waals surface area (Å²) in [6, 6.07) is 12.0. The summed E-state index contributed by atoms with van der Waals surface area (Å²) in [7, 11) is 0. The molecular weight excluding hydrogens is 334 g/mol. The molecular formula is C16H15NO4S2. The van der Waals surface area contributed by atoms with Crippen molar-refractivity contribution in [2.45, 2.75) is 11.4 Å². The average Bonchev–Trinajstić information content (AvgIpc) is 3.22. The van der Waals surface area contributed by atoms with E-state index in [-0.39, 0.29) is 17.9 Å². The van der Waals surface area contributed by atoms with Crippen LogP contribution >= 0.6 is 23.1 Å². The van der Waals surface area contributed by atoms with E-state index in [1.54, 1.807) is 12.1 Å². The van der Waals surface area contributed by atoms with Crippen LogP contribution in [-0.4, -0.2) is 40.3 Å². The van der Waals surface area contributed by atoms with Crippen molar-refractivity contribution in [3.63, 3.8) is 0 Å². The quantitative estimate of drug-likeness (QED) is 0.899. The number of carbonyl (C=O) groups excluding carboxylic acids is 1. The van der Waals surface area contributed by atoms with Crippen molar-refractivity contribution in [1.29, 1.82) is 0 Å². The third-order valence-electron chi connectivity index (χ3n) is 3.47. The number of benzene rings is 1. The van der Waals surface area contributed by atoms with Crippen molar-refractivity contribution in [2.24, 2.45) is 0 Å². The highest BCUT2D eigenvalue weighted by molar-refractivity contribution is 7.99. The maximum atomic E-state index is 12.6. The molecule has 7 heteroatoms. The number of carbonyl (C=O) groups is 2. The first-order valence-corrected chi connectivity index (χ1v) is 8.96. The van der Waals surface area contributed by atoms with Gasteiger partial charge >= 0.3 is 5.97 Å². The highest BCUT2D eigenvalue weighted by Crippen LogP contribution is 2.43. The number of carboxylic acids is 1. The Morgan fingerprint density at radius 3 is 2.65 bits per heavy atom. The molecule has 0 aliphatic carbocycles. The minimum absolute atomic E-state index is 0.170. The number of hydrogen-bond donors (Lipinski definition) is 1. The lowest BCUT2D eigenvalue weighted by Crippen LogP contribution is -2.44. The van der Waals surface area contributed by atoms with E-state index in [4.69, 9.17) is 4.74 Å². The second kappa shape index (κ2) is 7.06. The fraction of sp³-hybridized carbons (Fsp3) is 0.250. The molecule has 2 unspecified atom stereocenters.